The molecule has 104 valence electrons. The Labute approximate surface area is 118 Å². The second kappa shape index (κ2) is 5.63. The van der Waals surface area contributed by atoms with E-state index in [1.807, 2.05) is 17.8 Å². The largest absolute Gasteiger partial charge is 0.508 e. The van der Waals surface area contributed by atoms with E-state index in [1.54, 1.807) is 12.1 Å². The number of hydrogen-bond donors (Lipinski definition) is 2. The molecular weight excluding hydrogens is 258 g/mol. The molecule has 4 heteroatoms. The molecule has 3 nitrogen and oxygen atoms in total. The van der Waals surface area contributed by atoms with Gasteiger partial charge in [0.25, 0.3) is 0 Å². The normalized spacial score (nSPS) is 29.8. The number of fused-ring (bicyclic) bond motifs is 1. The third kappa shape index (κ3) is 2.84. The second-order valence-corrected chi connectivity index (χ2v) is 6.61. The van der Waals surface area contributed by atoms with Crippen molar-refractivity contribution < 1.29 is 9.84 Å². The molecule has 1 aromatic rings. The fourth-order valence-electron chi connectivity index (χ4n) is 3.13. The van der Waals surface area contributed by atoms with E-state index in [0.29, 0.717) is 12.6 Å². The van der Waals surface area contributed by atoms with Crippen LogP contribution in [0.2, 0.25) is 0 Å². The van der Waals surface area contributed by atoms with Crippen molar-refractivity contribution in [1.82, 2.24) is 5.32 Å². The first-order valence-electron chi connectivity index (χ1n) is 7.01. The summed E-state index contributed by atoms with van der Waals surface area (Å²) in [5.41, 5.74) is 1.18. The van der Waals surface area contributed by atoms with Gasteiger partial charge >= 0.3 is 0 Å². The van der Waals surface area contributed by atoms with E-state index < -0.39 is 0 Å². The Kier molecular flexibility index (Phi) is 3.89. The van der Waals surface area contributed by atoms with Crippen LogP contribution in [0.5, 0.6) is 11.5 Å². The third-order valence-electron chi connectivity index (χ3n) is 4.17. The lowest BCUT2D eigenvalue weighted by Crippen LogP contribution is -2.38. The van der Waals surface area contributed by atoms with Crippen LogP contribution in [-0.2, 0) is 0 Å². The summed E-state index contributed by atoms with van der Waals surface area (Å²) in [6, 6.07) is 6.31. The van der Waals surface area contributed by atoms with Crippen molar-refractivity contribution in [3.8, 4) is 11.5 Å². The lowest BCUT2D eigenvalue weighted by atomic mass is 9.93. The van der Waals surface area contributed by atoms with Crippen molar-refractivity contribution in [3.05, 3.63) is 23.8 Å². The van der Waals surface area contributed by atoms with Crippen LogP contribution in [0.3, 0.4) is 0 Å². The fourth-order valence-corrected chi connectivity index (χ4v) is 3.96. The Morgan fingerprint density at radius 1 is 1.37 bits per heavy atom. The molecule has 1 heterocycles. The molecule has 0 aromatic heterocycles. The average Bonchev–Trinajstić information content (AvgIpc) is 2.81. The van der Waals surface area contributed by atoms with Gasteiger partial charge < -0.3 is 15.2 Å². The van der Waals surface area contributed by atoms with Crippen molar-refractivity contribution in [2.24, 2.45) is 0 Å². The van der Waals surface area contributed by atoms with Gasteiger partial charge in [-0.1, -0.05) is 6.42 Å². The first-order valence-corrected chi connectivity index (χ1v) is 8.29. The Balaban J connectivity index is 1.66. The molecule has 1 fully saturated rings. The molecule has 1 aromatic carbocycles. The molecule has 1 aliphatic carbocycles. The number of hydrogen-bond acceptors (Lipinski definition) is 4. The van der Waals surface area contributed by atoms with Gasteiger partial charge in [0.1, 0.15) is 18.1 Å². The number of benzene rings is 1. The second-order valence-electron chi connectivity index (χ2n) is 5.47. The van der Waals surface area contributed by atoms with Gasteiger partial charge in [0.2, 0.25) is 0 Å². The van der Waals surface area contributed by atoms with Crippen LogP contribution in [-0.4, -0.2) is 29.3 Å². The number of ether oxygens (including phenoxy) is 1. The topological polar surface area (TPSA) is 41.5 Å². The minimum atomic E-state index is 0.277. The highest BCUT2D eigenvalue weighted by Gasteiger charge is 2.29. The SMILES string of the molecule is CSC1CCCC(NC2COc3cc(O)ccc32)C1. The molecule has 0 amide bonds. The van der Waals surface area contributed by atoms with Gasteiger partial charge in [-0.25, -0.2) is 0 Å². The molecule has 19 heavy (non-hydrogen) atoms. The molecule has 0 saturated heterocycles. The predicted molar refractivity (Wildman–Crippen MR) is 79.0 cm³/mol. The smallest absolute Gasteiger partial charge is 0.127 e. The third-order valence-corrected chi connectivity index (χ3v) is 5.27. The van der Waals surface area contributed by atoms with Gasteiger partial charge in [-0.3, -0.25) is 0 Å². The van der Waals surface area contributed by atoms with E-state index in [4.69, 9.17) is 4.74 Å². The van der Waals surface area contributed by atoms with Gasteiger partial charge in [0.15, 0.2) is 0 Å². The summed E-state index contributed by atoms with van der Waals surface area (Å²) in [7, 11) is 0. The predicted octanol–water partition coefficient (Wildman–Crippen LogP) is 3.09. The molecule has 3 atom stereocenters. The number of nitrogens with one attached hydrogen (secondary N) is 1. The van der Waals surface area contributed by atoms with Crippen LogP contribution in [0.4, 0.5) is 0 Å². The summed E-state index contributed by atoms with van der Waals surface area (Å²) in [5.74, 6) is 1.11. The number of aromatic hydroxyl groups is 1. The van der Waals surface area contributed by atoms with E-state index in [0.717, 1.165) is 11.0 Å². The van der Waals surface area contributed by atoms with Gasteiger partial charge in [0.05, 0.1) is 6.04 Å². The maximum absolute atomic E-state index is 9.47. The van der Waals surface area contributed by atoms with E-state index in [-0.39, 0.29) is 11.8 Å². The molecule has 3 rings (SSSR count). The maximum Gasteiger partial charge on any atom is 0.127 e. The first-order chi connectivity index (χ1) is 9.26. The van der Waals surface area contributed by atoms with E-state index in [1.165, 1.54) is 31.2 Å². The highest BCUT2D eigenvalue weighted by Crippen LogP contribution is 2.36. The van der Waals surface area contributed by atoms with Crippen LogP contribution in [0.15, 0.2) is 18.2 Å². The van der Waals surface area contributed by atoms with Crippen molar-refractivity contribution >= 4 is 11.8 Å². The van der Waals surface area contributed by atoms with Crippen LogP contribution in [0.1, 0.15) is 37.3 Å². The molecule has 0 radical (unpaired) electrons. The molecule has 2 N–H and O–H groups in total. The summed E-state index contributed by atoms with van der Waals surface area (Å²) < 4.78 is 5.66. The average molecular weight is 279 g/mol. The molecule has 1 saturated carbocycles. The summed E-state index contributed by atoms with van der Waals surface area (Å²) in [6.07, 6.45) is 7.40. The van der Waals surface area contributed by atoms with E-state index >= 15 is 0 Å². The van der Waals surface area contributed by atoms with Crippen molar-refractivity contribution in [3.63, 3.8) is 0 Å². The highest BCUT2D eigenvalue weighted by molar-refractivity contribution is 7.99. The molecule has 2 aliphatic rings. The lowest BCUT2D eigenvalue weighted by Gasteiger charge is -2.30. The van der Waals surface area contributed by atoms with Gasteiger partial charge in [0, 0.05) is 22.9 Å². The number of thioether (sulfide) groups is 1. The van der Waals surface area contributed by atoms with Crippen LogP contribution < -0.4 is 10.1 Å². The van der Waals surface area contributed by atoms with E-state index in [2.05, 4.69) is 11.6 Å². The van der Waals surface area contributed by atoms with Crippen molar-refractivity contribution in [2.45, 2.75) is 43.0 Å². The van der Waals surface area contributed by atoms with Crippen LogP contribution >= 0.6 is 11.8 Å². The molecule has 0 spiro atoms. The Bertz CT molecular complexity index is 452. The summed E-state index contributed by atoms with van der Waals surface area (Å²) in [5, 5.41) is 14.0. The van der Waals surface area contributed by atoms with Crippen LogP contribution in [0.25, 0.3) is 0 Å². The minimum absolute atomic E-state index is 0.277. The first kappa shape index (κ1) is 13.1. The summed E-state index contributed by atoms with van der Waals surface area (Å²) in [4.78, 5) is 0. The Morgan fingerprint density at radius 3 is 3.11 bits per heavy atom. The van der Waals surface area contributed by atoms with Crippen LogP contribution in [0, 0.1) is 0 Å². The standard InChI is InChI=1S/C15H21NO2S/c1-19-12-4-2-3-10(7-12)16-14-9-18-15-8-11(17)5-6-13(14)15/h5-6,8,10,12,14,16-17H,2-4,7,9H2,1H3. The van der Waals surface area contributed by atoms with Gasteiger partial charge in [-0.15, -0.1) is 0 Å². The van der Waals surface area contributed by atoms with Gasteiger partial charge in [-0.05, 0) is 37.7 Å². The number of rotatable bonds is 3. The maximum atomic E-state index is 9.47. The van der Waals surface area contributed by atoms with E-state index in [9.17, 15) is 5.11 Å². The zero-order valence-electron chi connectivity index (χ0n) is 11.3. The minimum Gasteiger partial charge on any atom is -0.508 e. The molecule has 0 bridgehead atoms. The Hall–Kier alpha value is -0.870. The molecule has 3 unspecified atom stereocenters. The monoisotopic (exact) mass is 279 g/mol. The van der Waals surface area contributed by atoms with Crippen molar-refractivity contribution in [1.29, 1.82) is 0 Å². The lowest BCUT2D eigenvalue weighted by molar-refractivity contribution is 0.276. The fraction of sp³-hybridized carbons (Fsp3) is 0.600. The zero-order chi connectivity index (χ0) is 13.2. The number of phenols is 1. The number of phenolic OH excluding ortho intramolecular Hbond substituents is 1. The summed E-state index contributed by atoms with van der Waals surface area (Å²) in [6.45, 7) is 0.680. The van der Waals surface area contributed by atoms with Crippen molar-refractivity contribution in [2.75, 3.05) is 12.9 Å². The summed E-state index contributed by atoms with van der Waals surface area (Å²) >= 11 is 1.99. The quantitative estimate of drug-likeness (QED) is 0.892. The molecule has 1 aliphatic heterocycles. The molecular formula is C15H21NO2S. The van der Waals surface area contributed by atoms with Gasteiger partial charge in [-0.2, -0.15) is 11.8 Å². The zero-order valence-corrected chi connectivity index (χ0v) is 12.1. The Morgan fingerprint density at radius 2 is 2.26 bits per heavy atom. The highest BCUT2D eigenvalue weighted by atomic mass is 32.2.